The third kappa shape index (κ3) is 39.3. The summed E-state index contributed by atoms with van der Waals surface area (Å²) in [4.78, 5) is 13.3. The van der Waals surface area contributed by atoms with Crippen LogP contribution in [0.2, 0.25) is 0 Å². The molecule has 0 bridgehead atoms. The monoisotopic (exact) mass is 1190 g/mol. The molecule has 2 heterocycles. The molecule has 0 saturated carbocycles. The minimum Gasteiger partial charge on any atom is -0.394 e. The number of amides is 1. The molecule has 9 N–H and O–H groups in total. The molecule has 2 fully saturated rings. The number of carbonyl (C=O) groups is 1. The van der Waals surface area contributed by atoms with Crippen molar-refractivity contribution in [3.8, 4) is 0 Å². The average molecular weight is 1190 g/mol. The minimum absolute atomic E-state index is 0.250. The summed E-state index contributed by atoms with van der Waals surface area (Å²) in [6, 6.07) is -0.935. The highest BCUT2D eigenvalue weighted by molar-refractivity contribution is 5.76. The number of unbranched alkanes of at least 4 members (excludes halogenated alkanes) is 41. The summed E-state index contributed by atoms with van der Waals surface area (Å²) in [7, 11) is 0. The van der Waals surface area contributed by atoms with E-state index in [0.29, 0.717) is 12.8 Å². The summed E-state index contributed by atoms with van der Waals surface area (Å²) in [5.74, 6) is -0.250. The van der Waals surface area contributed by atoms with E-state index in [2.05, 4.69) is 43.5 Å². The van der Waals surface area contributed by atoms with Crippen LogP contribution in [-0.2, 0) is 23.7 Å². The number of aliphatic hydroxyl groups is 8. The zero-order valence-corrected chi connectivity index (χ0v) is 53.7. The van der Waals surface area contributed by atoms with E-state index in [1.54, 1.807) is 6.08 Å². The molecule has 0 radical (unpaired) electrons. The molecule has 12 atom stereocenters. The summed E-state index contributed by atoms with van der Waals surface area (Å²) in [6.07, 6.45) is 54.1. The maximum Gasteiger partial charge on any atom is 0.220 e. The SMILES string of the molecule is CCC/C=C/CC/C=C/CC/C=C/C(O)C(COC1OC(CO)C(OC2OC(CO)C(O)C(O)C2O)C(O)C1O)NC(=O)CCCCCCCCCCCCCCCCCCCCCCCCCCCCCCCCCCCCCCCCC. The van der Waals surface area contributed by atoms with Crippen LogP contribution in [0, 0.1) is 0 Å². The van der Waals surface area contributed by atoms with Gasteiger partial charge in [0.05, 0.1) is 32.0 Å². The summed E-state index contributed by atoms with van der Waals surface area (Å²) < 4.78 is 22.7. The summed E-state index contributed by atoms with van der Waals surface area (Å²) in [5.41, 5.74) is 0. The first kappa shape index (κ1) is 78.3. The molecule has 2 aliphatic rings. The number of rotatable bonds is 58. The number of allylic oxidation sites excluding steroid dienone is 5. The fourth-order valence-corrected chi connectivity index (χ4v) is 11.7. The lowest BCUT2D eigenvalue weighted by atomic mass is 9.97. The Balaban J connectivity index is 1.52. The summed E-state index contributed by atoms with van der Waals surface area (Å²) in [5, 5.41) is 87.0. The molecule has 0 spiro atoms. The van der Waals surface area contributed by atoms with E-state index < -0.39 is 86.8 Å². The van der Waals surface area contributed by atoms with E-state index >= 15 is 0 Å². The van der Waals surface area contributed by atoms with Crippen LogP contribution in [0.15, 0.2) is 36.5 Å². The van der Waals surface area contributed by atoms with Gasteiger partial charge in [-0.05, 0) is 38.5 Å². The summed E-state index contributed by atoms with van der Waals surface area (Å²) >= 11 is 0. The van der Waals surface area contributed by atoms with Gasteiger partial charge in [-0.25, -0.2) is 0 Å². The first-order valence-corrected chi connectivity index (χ1v) is 35.2. The van der Waals surface area contributed by atoms with Crippen LogP contribution in [0.5, 0.6) is 0 Å². The van der Waals surface area contributed by atoms with Crippen LogP contribution in [0.1, 0.15) is 309 Å². The fraction of sp³-hybridized carbons (Fsp3) is 0.900. The van der Waals surface area contributed by atoms with Crippen molar-refractivity contribution in [3.63, 3.8) is 0 Å². The van der Waals surface area contributed by atoms with Gasteiger partial charge in [0.25, 0.3) is 0 Å². The van der Waals surface area contributed by atoms with Crippen LogP contribution >= 0.6 is 0 Å². The number of hydrogen-bond acceptors (Lipinski definition) is 13. The van der Waals surface area contributed by atoms with E-state index in [-0.39, 0.29) is 18.9 Å². The highest BCUT2D eigenvalue weighted by atomic mass is 16.7. The normalized spacial score (nSPS) is 23.8. The van der Waals surface area contributed by atoms with E-state index in [0.717, 1.165) is 51.4 Å². The lowest BCUT2D eigenvalue weighted by Gasteiger charge is -2.46. The van der Waals surface area contributed by atoms with Crippen molar-refractivity contribution in [1.82, 2.24) is 5.32 Å². The number of ether oxygens (including phenoxy) is 4. The molecule has 0 aromatic heterocycles. The van der Waals surface area contributed by atoms with E-state index in [9.17, 15) is 45.6 Å². The second kappa shape index (κ2) is 55.3. The fourth-order valence-electron chi connectivity index (χ4n) is 11.7. The van der Waals surface area contributed by atoms with Gasteiger partial charge in [-0.2, -0.15) is 0 Å². The predicted octanol–water partition coefficient (Wildman–Crippen LogP) is 14.1. The van der Waals surface area contributed by atoms with E-state index in [1.807, 2.05) is 6.08 Å². The standard InChI is InChI=1S/C70H131NO13/c1-3-5-7-9-11-13-15-16-17-18-19-20-21-22-23-24-25-26-27-28-29-30-31-32-33-34-35-36-37-38-39-40-41-42-44-46-48-50-52-54-62(75)71-58(59(74)53-51-49-47-45-43-14-12-10-8-6-4-2)57-81-69-67(80)65(78)68(61(56-73)83-69)84-70-66(79)64(77)63(76)60(55-72)82-70/h8,10,43,45,51,53,58-61,63-70,72-74,76-80H,3-7,9,11-42,44,46-50,52,54-57H2,1-2H3,(H,71,75)/b10-8+,45-43+,53-51+. The second-order valence-electron chi connectivity index (χ2n) is 25.0. The van der Waals surface area contributed by atoms with Crippen LogP contribution in [0.3, 0.4) is 0 Å². The Morgan fingerprint density at radius 1 is 0.417 bits per heavy atom. The number of carbonyl (C=O) groups excluding carboxylic acids is 1. The number of nitrogens with one attached hydrogen (secondary N) is 1. The predicted molar refractivity (Wildman–Crippen MR) is 341 cm³/mol. The largest absolute Gasteiger partial charge is 0.394 e. The number of aliphatic hydroxyl groups excluding tert-OH is 8. The molecule has 0 aliphatic carbocycles. The van der Waals surface area contributed by atoms with E-state index in [1.165, 1.54) is 225 Å². The molecule has 0 aromatic rings. The van der Waals surface area contributed by atoms with Gasteiger partial charge < -0.3 is 65.1 Å². The lowest BCUT2D eigenvalue weighted by Crippen LogP contribution is -2.65. The zero-order valence-electron chi connectivity index (χ0n) is 53.7. The van der Waals surface area contributed by atoms with Gasteiger partial charge in [0.1, 0.15) is 48.8 Å². The van der Waals surface area contributed by atoms with Crippen molar-refractivity contribution in [1.29, 1.82) is 0 Å². The Bertz CT molecular complexity index is 1550. The molecule has 0 aromatic carbocycles. The molecule has 2 rings (SSSR count). The minimum atomic E-state index is -1.79. The van der Waals surface area contributed by atoms with Gasteiger partial charge in [0.2, 0.25) is 5.91 Å². The smallest absolute Gasteiger partial charge is 0.220 e. The summed E-state index contributed by atoms with van der Waals surface area (Å²) in [6.45, 7) is 2.72. The molecule has 2 saturated heterocycles. The average Bonchev–Trinajstić information content (AvgIpc) is 2.32. The Morgan fingerprint density at radius 2 is 0.762 bits per heavy atom. The Hall–Kier alpha value is -1.79. The molecular weight excluding hydrogens is 1060 g/mol. The van der Waals surface area contributed by atoms with Crippen LogP contribution in [-0.4, -0.2) is 140 Å². The topological polar surface area (TPSA) is 228 Å². The molecular formula is C70H131NO13. The van der Waals surface area contributed by atoms with Crippen molar-refractivity contribution in [2.24, 2.45) is 0 Å². The van der Waals surface area contributed by atoms with E-state index in [4.69, 9.17) is 18.9 Å². The third-order valence-corrected chi connectivity index (χ3v) is 17.3. The zero-order chi connectivity index (χ0) is 60.9. The van der Waals surface area contributed by atoms with Crippen LogP contribution < -0.4 is 5.32 Å². The molecule has 14 heteroatoms. The molecule has 84 heavy (non-hydrogen) atoms. The maximum atomic E-state index is 13.3. The Labute approximate surface area is 512 Å². The molecule has 2 aliphatic heterocycles. The lowest BCUT2D eigenvalue weighted by molar-refractivity contribution is -0.359. The van der Waals surface area contributed by atoms with Gasteiger partial charge >= 0.3 is 0 Å². The first-order valence-electron chi connectivity index (χ1n) is 35.2. The van der Waals surface area contributed by atoms with Gasteiger partial charge in [-0.1, -0.05) is 301 Å². The molecule has 494 valence electrons. The molecule has 1 amide bonds. The maximum absolute atomic E-state index is 13.3. The first-order chi connectivity index (χ1) is 41.1. The molecule has 14 nitrogen and oxygen atoms in total. The third-order valence-electron chi connectivity index (χ3n) is 17.3. The Kier molecular flexibility index (Phi) is 51.5. The highest BCUT2D eigenvalue weighted by Crippen LogP contribution is 2.30. The van der Waals surface area contributed by atoms with Gasteiger partial charge in [-0.3, -0.25) is 4.79 Å². The number of hydrogen-bond donors (Lipinski definition) is 9. The van der Waals surface area contributed by atoms with Crippen molar-refractivity contribution < 1.29 is 64.6 Å². The van der Waals surface area contributed by atoms with Crippen LogP contribution in [0.4, 0.5) is 0 Å². The van der Waals surface area contributed by atoms with Crippen molar-refractivity contribution in [2.45, 2.75) is 383 Å². The highest BCUT2D eigenvalue weighted by Gasteiger charge is 2.51. The van der Waals surface area contributed by atoms with Crippen molar-refractivity contribution in [2.75, 3.05) is 19.8 Å². The van der Waals surface area contributed by atoms with Gasteiger partial charge in [-0.15, -0.1) is 0 Å². The van der Waals surface area contributed by atoms with Crippen LogP contribution in [0.25, 0.3) is 0 Å². The second-order valence-corrected chi connectivity index (χ2v) is 25.0. The van der Waals surface area contributed by atoms with Crippen molar-refractivity contribution >= 4 is 5.91 Å². The molecule has 12 unspecified atom stereocenters. The quantitative estimate of drug-likeness (QED) is 0.0204. The Morgan fingerprint density at radius 3 is 1.14 bits per heavy atom. The van der Waals surface area contributed by atoms with Gasteiger partial charge in [0.15, 0.2) is 12.6 Å². The van der Waals surface area contributed by atoms with Gasteiger partial charge in [0, 0.05) is 6.42 Å². The van der Waals surface area contributed by atoms with Crippen molar-refractivity contribution in [3.05, 3.63) is 36.5 Å².